The van der Waals surface area contributed by atoms with Crippen LogP contribution in [0.5, 0.6) is 5.75 Å². The van der Waals surface area contributed by atoms with Crippen molar-refractivity contribution in [1.82, 2.24) is 5.32 Å². The van der Waals surface area contributed by atoms with Gasteiger partial charge in [0, 0.05) is 18.7 Å². The molecule has 0 atom stereocenters. The lowest BCUT2D eigenvalue weighted by atomic mass is 9.87. The van der Waals surface area contributed by atoms with E-state index in [1.54, 1.807) is 0 Å². The van der Waals surface area contributed by atoms with E-state index in [2.05, 4.69) is 93.7 Å². The van der Waals surface area contributed by atoms with Gasteiger partial charge in [0.15, 0.2) is 0 Å². The van der Waals surface area contributed by atoms with Crippen molar-refractivity contribution in [3.05, 3.63) is 77.4 Å². The monoisotopic (exact) mass is 361 g/mol. The van der Waals surface area contributed by atoms with Crippen LogP contribution >= 0.6 is 0 Å². The van der Waals surface area contributed by atoms with Crippen LogP contribution in [-0.4, -0.2) is 6.61 Å². The summed E-state index contributed by atoms with van der Waals surface area (Å²) in [6, 6.07) is 21.7. The predicted molar refractivity (Wildman–Crippen MR) is 115 cm³/mol. The summed E-state index contributed by atoms with van der Waals surface area (Å²) in [5, 5.41) is 6.13. The zero-order valence-electron chi connectivity index (χ0n) is 17.0. The molecule has 0 bridgehead atoms. The van der Waals surface area contributed by atoms with Crippen molar-refractivity contribution in [1.29, 1.82) is 0 Å². The quantitative estimate of drug-likeness (QED) is 0.540. The molecule has 0 aliphatic rings. The number of hydrogen-bond donors (Lipinski definition) is 1. The molecule has 1 N–H and O–H groups in total. The Balaban J connectivity index is 1.74. The lowest BCUT2D eigenvalue weighted by Gasteiger charge is -2.19. The Morgan fingerprint density at radius 3 is 2.30 bits per heavy atom. The molecular formula is C25H31NO. The van der Waals surface area contributed by atoms with Crippen molar-refractivity contribution in [3.8, 4) is 5.75 Å². The van der Waals surface area contributed by atoms with Gasteiger partial charge in [-0.2, -0.15) is 0 Å². The normalized spacial score (nSPS) is 11.7. The topological polar surface area (TPSA) is 21.3 Å². The maximum absolute atomic E-state index is 6.01. The van der Waals surface area contributed by atoms with Crippen molar-refractivity contribution in [2.45, 2.75) is 52.6 Å². The molecule has 0 aliphatic heterocycles. The van der Waals surface area contributed by atoms with E-state index in [-0.39, 0.29) is 5.41 Å². The summed E-state index contributed by atoms with van der Waals surface area (Å²) in [4.78, 5) is 0. The molecule has 142 valence electrons. The van der Waals surface area contributed by atoms with Gasteiger partial charge in [0.1, 0.15) is 5.75 Å². The van der Waals surface area contributed by atoms with E-state index in [9.17, 15) is 0 Å². The molecule has 0 saturated carbocycles. The summed E-state index contributed by atoms with van der Waals surface area (Å²) in [7, 11) is 0. The van der Waals surface area contributed by atoms with Crippen LogP contribution in [0, 0.1) is 0 Å². The van der Waals surface area contributed by atoms with Gasteiger partial charge in [-0.25, -0.2) is 0 Å². The third-order valence-electron chi connectivity index (χ3n) is 4.91. The van der Waals surface area contributed by atoms with Crippen LogP contribution in [0.4, 0.5) is 0 Å². The highest BCUT2D eigenvalue weighted by atomic mass is 16.5. The van der Waals surface area contributed by atoms with Gasteiger partial charge >= 0.3 is 0 Å². The minimum atomic E-state index is 0.195. The Morgan fingerprint density at radius 1 is 0.852 bits per heavy atom. The first kappa shape index (κ1) is 19.4. The highest BCUT2D eigenvalue weighted by Crippen LogP contribution is 2.28. The Labute approximate surface area is 163 Å². The van der Waals surface area contributed by atoms with Crippen molar-refractivity contribution < 1.29 is 4.74 Å². The first-order chi connectivity index (χ1) is 13.0. The van der Waals surface area contributed by atoms with Crippen LogP contribution in [-0.2, 0) is 18.5 Å². The van der Waals surface area contributed by atoms with Gasteiger partial charge in [-0.05, 0) is 39.8 Å². The summed E-state index contributed by atoms with van der Waals surface area (Å²) < 4.78 is 6.01. The molecule has 3 rings (SSSR count). The predicted octanol–water partition coefficient (Wildman–Crippen LogP) is 6.22. The fourth-order valence-electron chi connectivity index (χ4n) is 3.30. The van der Waals surface area contributed by atoms with E-state index in [1.807, 2.05) is 0 Å². The molecule has 0 heterocycles. The van der Waals surface area contributed by atoms with Crippen molar-refractivity contribution in [3.63, 3.8) is 0 Å². The fourth-order valence-corrected chi connectivity index (χ4v) is 3.30. The van der Waals surface area contributed by atoms with Gasteiger partial charge in [-0.1, -0.05) is 82.3 Å². The van der Waals surface area contributed by atoms with Gasteiger partial charge < -0.3 is 10.1 Å². The van der Waals surface area contributed by atoms with Crippen LogP contribution < -0.4 is 10.1 Å². The van der Waals surface area contributed by atoms with Gasteiger partial charge in [0.05, 0.1) is 6.61 Å². The molecule has 0 unspecified atom stereocenters. The Morgan fingerprint density at radius 2 is 1.59 bits per heavy atom. The summed E-state index contributed by atoms with van der Waals surface area (Å²) in [5.74, 6) is 0.992. The van der Waals surface area contributed by atoms with Crippen molar-refractivity contribution >= 4 is 10.8 Å². The Kier molecular flexibility index (Phi) is 6.18. The van der Waals surface area contributed by atoms with E-state index in [0.717, 1.165) is 31.9 Å². The molecule has 0 aliphatic carbocycles. The summed E-state index contributed by atoms with van der Waals surface area (Å²) in [5.41, 5.74) is 4.11. The summed E-state index contributed by atoms with van der Waals surface area (Å²) in [6.45, 7) is 11.3. The summed E-state index contributed by atoms with van der Waals surface area (Å²) in [6.07, 6.45) is 1.01. The second-order valence-corrected chi connectivity index (χ2v) is 8.16. The van der Waals surface area contributed by atoms with Crippen LogP contribution in [0.25, 0.3) is 10.8 Å². The van der Waals surface area contributed by atoms with Crippen LogP contribution in [0.15, 0.2) is 60.7 Å². The minimum absolute atomic E-state index is 0.195. The van der Waals surface area contributed by atoms with Gasteiger partial charge in [-0.3, -0.25) is 0 Å². The molecule has 27 heavy (non-hydrogen) atoms. The molecule has 0 fully saturated rings. The van der Waals surface area contributed by atoms with Crippen LogP contribution in [0.1, 0.15) is 50.8 Å². The van der Waals surface area contributed by atoms with E-state index in [0.29, 0.717) is 0 Å². The highest BCUT2D eigenvalue weighted by Gasteiger charge is 2.13. The van der Waals surface area contributed by atoms with Crippen molar-refractivity contribution in [2.75, 3.05) is 6.61 Å². The molecule has 0 spiro atoms. The highest BCUT2D eigenvalue weighted by molar-refractivity contribution is 5.87. The van der Waals surface area contributed by atoms with E-state index >= 15 is 0 Å². The molecule has 0 amide bonds. The number of ether oxygens (including phenoxy) is 1. The van der Waals surface area contributed by atoms with Crippen LogP contribution in [0.3, 0.4) is 0 Å². The molecule has 0 aromatic heterocycles. The maximum Gasteiger partial charge on any atom is 0.124 e. The largest absolute Gasteiger partial charge is 0.493 e. The first-order valence-electron chi connectivity index (χ1n) is 9.92. The second kappa shape index (κ2) is 8.58. The number of benzene rings is 3. The number of hydrogen-bond acceptors (Lipinski definition) is 2. The maximum atomic E-state index is 6.01. The standard InChI is InChI=1S/C25H31NO/c1-5-16-27-24-15-12-20-8-6-7-9-22(20)23(24)18-26-17-19-10-13-21(14-11-19)25(2,3)4/h6-15,26H,5,16-18H2,1-4H3. The third kappa shape index (κ3) is 4.90. The van der Waals surface area contributed by atoms with Gasteiger partial charge in [0.2, 0.25) is 0 Å². The SMILES string of the molecule is CCCOc1ccc2ccccc2c1CNCc1ccc(C(C)(C)C)cc1. The number of fused-ring (bicyclic) bond motifs is 1. The third-order valence-corrected chi connectivity index (χ3v) is 4.91. The van der Waals surface area contributed by atoms with E-state index in [1.165, 1.54) is 27.5 Å². The van der Waals surface area contributed by atoms with Crippen molar-refractivity contribution in [2.24, 2.45) is 0 Å². The molecule has 0 saturated heterocycles. The lowest BCUT2D eigenvalue weighted by molar-refractivity contribution is 0.314. The fraction of sp³-hybridized carbons (Fsp3) is 0.360. The molecule has 3 aromatic rings. The molecular weight excluding hydrogens is 330 g/mol. The average molecular weight is 362 g/mol. The van der Waals surface area contributed by atoms with E-state index < -0.39 is 0 Å². The van der Waals surface area contributed by atoms with Crippen LogP contribution in [0.2, 0.25) is 0 Å². The molecule has 3 aromatic carbocycles. The van der Waals surface area contributed by atoms with E-state index in [4.69, 9.17) is 4.74 Å². The first-order valence-corrected chi connectivity index (χ1v) is 9.92. The van der Waals surface area contributed by atoms with Gasteiger partial charge in [0.25, 0.3) is 0 Å². The Hall–Kier alpha value is -2.32. The number of nitrogens with one attached hydrogen (secondary N) is 1. The number of rotatable bonds is 7. The average Bonchev–Trinajstić information content (AvgIpc) is 2.66. The zero-order chi connectivity index (χ0) is 19.3. The molecule has 2 heteroatoms. The zero-order valence-corrected chi connectivity index (χ0v) is 17.0. The Bertz CT molecular complexity index is 875. The smallest absolute Gasteiger partial charge is 0.124 e. The van der Waals surface area contributed by atoms with Gasteiger partial charge in [-0.15, -0.1) is 0 Å². The molecule has 0 radical (unpaired) electrons. The summed E-state index contributed by atoms with van der Waals surface area (Å²) >= 11 is 0. The molecule has 2 nitrogen and oxygen atoms in total. The minimum Gasteiger partial charge on any atom is -0.493 e. The lowest BCUT2D eigenvalue weighted by Crippen LogP contribution is -2.15. The second-order valence-electron chi connectivity index (χ2n) is 8.16.